The van der Waals surface area contributed by atoms with Crippen molar-refractivity contribution in [1.82, 2.24) is 9.97 Å². The van der Waals surface area contributed by atoms with E-state index in [-0.39, 0.29) is 5.04 Å². The van der Waals surface area contributed by atoms with Crippen LogP contribution in [0.3, 0.4) is 0 Å². The lowest BCUT2D eigenvalue weighted by Gasteiger charge is -2.38. The van der Waals surface area contributed by atoms with Gasteiger partial charge in [-0.2, -0.15) is 0 Å². The second-order valence-electron chi connectivity index (χ2n) is 7.94. The molecule has 23 heavy (non-hydrogen) atoms. The normalized spacial score (nSPS) is 25.5. The molecule has 0 N–H and O–H groups in total. The zero-order chi connectivity index (χ0) is 17.1. The van der Waals surface area contributed by atoms with Gasteiger partial charge in [-0.15, -0.1) is 6.58 Å². The van der Waals surface area contributed by atoms with Crippen LogP contribution in [0, 0.1) is 5.92 Å². The summed E-state index contributed by atoms with van der Waals surface area (Å²) < 4.78 is 6.66. The maximum atomic E-state index is 6.66. The summed E-state index contributed by atoms with van der Waals surface area (Å²) >= 11 is 1.80. The molecule has 1 fully saturated rings. The van der Waals surface area contributed by atoms with Crippen LogP contribution in [-0.2, 0) is 4.43 Å². The first kappa shape index (κ1) is 18.7. The molecule has 0 spiro atoms. The maximum Gasteiger partial charge on any atom is 0.192 e. The van der Waals surface area contributed by atoms with E-state index in [0.29, 0.717) is 17.3 Å². The summed E-state index contributed by atoms with van der Waals surface area (Å²) in [6.45, 7) is 15.5. The van der Waals surface area contributed by atoms with Gasteiger partial charge in [-0.05, 0) is 49.4 Å². The average molecular weight is 351 g/mol. The van der Waals surface area contributed by atoms with E-state index >= 15 is 0 Å². The van der Waals surface area contributed by atoms with E-state index < -0.39 is 8.32 Å². The SMILES string of the molecule is C=CC[C@@H]1C[C@@H](O[Si](C)(C)C(C)(C)C)C[C@H]1Sc1ncccn1. The molecular weight excluding hydrogens is 320 g/mol. The van der Waals surface area contributed by atoms with Gasteiger partial charge in [0, 0.05) is 23.7 Å². The molecule has 0 saturated heterocycles. The van der Waals surface area contributed by atoms with Gasteiger partial charge in [0.25, 0.3) is 0 Å². The standard InChI is InChI=1S/C18H30N2OSSi/c1-7-9-14-12-15(21-23(5,6)18(2,3)4)13-16(14)22-17-19-10-8-11-20-17/h7-8,10-11,14-16H,1,9,12-13H2,2-6H3/t14-,15-,16-/m1/s1. The number of thioether (sulfide) groups is 1. The molecule has 1 aromatic rings. The van der Waals surface area contributed by atoms with Crippen LogP contribution in [0.1, 0.15) is 40.0 Å². The van der Waals surface area contributed by atoms with Gasteiger partial charge in [0.15, 0.2) is 13.5 Å². The first-order valence-electron chi connectivity index (χ1n) is 8.45. The van der Waals surface area contributed by atoms with Crippen molar-refractivity contribution in [2.75, 3.05) is 0 Å². The Morgan fingerprint density at radius 2 is 1.96 bits per heavy atom. The molecule has 0 bridgehead atoms. The second kappa shape index (κ2) is 7.49. The van der Waals surface area contributed by atoms with Gasteiger partial charge in [-0.1, -0.05) is 38.6 Å². The molecule has 0 amide bonds. The number of hydrogen-bond acceptors (Lipinski definition) is 4. The highest BCUT2D eigenvalue weighted by Gasteiger charge is 2.43. The zero-order valence-corrected chi connectivity index (χ0v) is 16.9. The van der Waals surface area contributed by atoms with Crippen molar-refractivity contribution in [1.29, 1.82) is 0 Å². The largest absolute Gasteiger partial charge is 0.414 e. The Kier molecular flexibility index (Phi) is 6.08. The van der Waals surface area contributed by atoms with E-state index in [1.807, 2.05) is 24.5 Å². The van der Waals surface area contributed by atoms with Gasteiger partial charge in [-0.25, -0.2) is 9.97 Å². The molecule has 3 nitrogen and oxygen atoms in total. The Labute approximate surface area is 146 Å². The number of allylic oxidation sites excluding steroid dienone is 1. The molecule has 0 aliphatic heterocycles. The van der Waals surface area contributed by atoms with E-state index in [4.69, 9.17) is 4.43 Å². The van der Waals surface area contributed by atoms with Crippen molar-refractivity contribution < 1.29 is 4.43 Å². The Morgan fingerprint density at radius 3 is 2.52 bits per heavy atom. The summed E-state index contributed by atoms with van der Waals surface area (Å²) in [6.07, 6.45) is 9.30. The molecule has 128 valence electrons. The number of nitrogens with zero attached hydrogens (tertiary/aromatic N) is 2. The van der Waals surface area contributed by atoms with Gasteiger partial charge in [-0.3, -0.25) is 0 Å². The lowest BCUT2D eigenvalue weighted by Crippen LogP contribution is -2.43. The predicted octanol–water partition coefficient (Wildman–Crippen LogP) is 5.31. The van der Waals surface area contributed by atoms with Gasteiger partial charge in [0.2, 0.25) is 0 Å². The third-order valence-electron chi connectivity index (χ3n) is 5.12. The predicted molar refractivity (Wildman–Crippen MR) is 101 cm³/mol. The van der Waals surface area contributed by atoms with E-state index in [0.717, 1.165) is 24.4 Å². The first-order chi connectivity index (χ1) is 10.7. The number of rotatable bonds is 6. The van der Waals surface area contributed by atoms with Crippen molar-refractivity contribution in [2.24, 2.45) is 5.92 Å². The average Bonchev–Trinajstić information content (AvgIpc) is 2.80. The molecule has 1 aliphatic rings. The summed E-state index contributed by atoms with van der Waals surface area (Å²) in [6, 6.07) is 1.86. The first-order valence-corrected chi connectivity index (χ1v) is 12.2. The van der Waals surface area contributed by atoms with Crippen molar-refractivity contribution in [2.45, 2.75) is 74.7 Å². The van der Waals surface area contributed by atoms with Crippen LogP contribution in [0.15, 0.2) is 36.3 Å². The van der Waals surface area contributed by atoms with Gasteiger partial charge < -0.3 is 4.43 Å². The Hall–Kier alpha value is -0.653. The minimum Gasteiger partial charge on any atom is -0.414 e. The smallest absolute Gasteiger partial charge is 0.192 e. The summed E-state index contributed by atoms with van der Waals surface area (Å²) in [4.78, 5) is 8.74. The molecule has 0 unspecified atom stereocenters. The highest BCUT2D eigenvalue weighted by atomic mass is 32.2. The van der Waals surface area contributed by atoms with Crippen LogP contribution in [0.25, 0.3) is 0 Å². The molecule has 2 rings (SSSR count). The van der Waals surface area contributed by atoms with Crippen LogP contribution in [0.2, 0.25) is 18.1 Å². The van der Waals surface area contributed by atoms with Crippen molar-refractivity contribution >= 4 is 20.1 Å². The van der Waals surface area contributed by atoms with Crippen LogP contribution >= 0.6 is 11.8 Å². The summed E-state index contributed by atoms with van der Waals surface area (Å²) in [7, 11) is -1.71. The molecule has 5 heteroatoms. The Bertz CT molecular complexity index is 516. The highest BCUT2D eigenvalue weighted by Crippen LogP contribution is 2.44. The molecule has 1 heterocycles. The van der Waals surface area contributed by atoms with Crippen LogP contribution in [0.5, 0.6) is 0 Å². The highest BCUT2D eigenvalue weighted by molar-refractivity contribution is 7.99. The fourth-order valence-corrected chi connectivity index (χ4v) is 5.43. The minimum atomic E-state index is -1.71. The Balaban J connectivity index is 2.04. The van der Waals surface area contributed by atoms with Gasteiger partial charge in [0.05, 0.1) is 0 Å². The lowest BCUT2D eigenvalue weighted by molar-refractivity contribution is 0.183. The topological polar surface area (TPSA) is 35.0 Å². The zero-order valence-electron chi connectivity index (χ0n) is 15.1. The maximum absolute atomic E-state index is 6.66. The molecule has 1 aliphatic carbocycles. The number of aromatic nitrogens is 2. The van der Waals surface area contributed by atoms with E-state index in [2.05, 4.69) is 50.4 Å². The Morgan fingerprint density at radius 1 is 1.30 bits per heavy atom. The van der Waals surface area contributed by atoms with Crippen LogP contribution in [0.4, 0.5) is 0 Å². The van der Waals surface area contributed by atoms with Crippen molar-refractivity contribution in [3.8, 4) is 0 Å². The van der Waals surface area contributed by atoms with Gasteiger partial charge in [0.1, 0.15) is 0 Å². The monoisotopic (exact) mass is 350 g/mol. The van der Waals surface area contributed by atoms with E-state index in [1.165, 1.54) is 0 Å². The molecule has 0 aromatic carbocycles. The summed E-state index contributed by atoms with van der Waals surface area (Å²) in [5, 5.41) is 1.65. The second-order valence-corrected chi connectivity index (χ2v) is 13.9. The van der Waals surface area contributed by atoms with Gasteiger partial charge >= 0.3 is 0 Å². The third-order valence-corrected chi connectivity index (χ3v) is 11.0. The van der Waals surface area contributed by atoms with E-state index in [9.17, 15) is 0 Å². The number of hydrogen-bond donors (Lipinski definition) is 0. The fraction of sp³-hybridized carbons (Fsp3) is 0.667. The molecule has 1 aromatic heterocycles. The molecule has 1 saturated carbocycles. The van der Waals surface area contributed by atoms with Crippen molar-refractivity contribution in [3.63, 3.8) is 0 Å². The summed E-state index contributed by atoms with van der Waals surface area (Å²) in [5.74, 6) is 0.607. The lowest BCUT2D eigenvalue weighted by atomic mass is 10.0. The van der Waals surface area contributed by atoms with Crippen LogP contribution < -0.4 is 0 Å². The minimum absolute atomic E-state index is 0.259. The molecule has 3 atom stereocenters. The van der Waals surface area contributed by atoms with E-state index in [1.54, 1.807) is 11.8 Å². The third kappa shape index (κ3) is 4.91. The molecule has 0 radical (unpaired) electrons. The quantitative estimate of drug-likeness (QED) is 0.395. The molecular formula is C18H30N2OSSi. The summed E-state index contributed by atoms with van der Waals surface area (Å²) in [5.41, 5.74) is 0. The van der Waals surface area contributed by atoms with Crippen LogP contribution in [-0.4, -0.2) is 29.6 Å². The fourth-order valence-electron chi connectivity index (χ4n) is 2.81. The van der Waals surface area contributed by atoms with Crippen molar-refractivity contribution in [3.05, 3.63) is 31.1 Å².